The molecule has 1 heterocycles. The van der Waals surface area contributed by atoms with Crippen LogP contribution < -0.4 is 5.73 Å². The van der Waals surface area contributed by atoms with Crippen LogP contribution in [-0.4, -0.2) is 19.8 Å². The second-order valence-electron chi connectivity index (χ2n) is 4.31. The number of halogens is 1. The molecule has 0 spiro atoms. The normalized spacial score (nSPS) is 12.0. The predicted molar refractivity (Wildman–Crippen MR) is 71.7 cm³/mol. The Balaban J connectivity index is 2.34. The molecule has 0 atom stereocenters. The molecule has 20 heavy (non-hydrogen) atoms. The molecule has 1 aromatic carbocycles. The van der Waals surface area contributed by atoms with Crippen LogP contribution in [-0.2, 0) is 23.1 Å². The summed E-state index contributed by atoms with van der Waals surface area (Å²) in [6.45, 7) is 0.173. The fraction of sp³-hybridized carbons (Fsp3) is 0.231. The van der Waals surface area contributed by atoms with Crippen molar-refractivity contribution < 1.29 is 17.2 Å². The first-order valence-corrected chi connectivity index (χ1v) is 7.36. The fourth-order valence-corrected chi connectivity index (χ4v) is 3.00. The molecule has 5 nitrogen and oxygen atoms in total. The van der Waals surface area contributed by atoms with E-state index < -0.39 is 15.8 Å². The number of hydrogen-bond acceptors (Lipinski definition) is 4. The third-order valence-electron chi connectivity index (χ3n) is 2.88. The summed E-state index contributed by atoms with van der Waals surface area (Å²) in [5.74, 6) is -0.319. The van der Waals surface area contributed by atoms with Crippen LogP contribution in [0, 0.1) is 5.82 Å². The molecular weight excluding hydrogens is 283 g/mol. The summed E-state index contributed by atoms with van der Waals surface area (Å²) in [6, 6.07) is 7.13. The van der Waals surface area contributed by atoms with Gasteiger partial charge in [0.1, 0.15) is 16.5 Å². The highest BCUT2D eigenvalue weighted by Crippen LogP contribution is 2.21. The lowest BCUT2D eigenvalue weighted by Gasteiger charge is -2.17. The summed E-state index contributed by atoms with van der Waals surface area (Å²) in [4.78, 5) is -0.380. The molecule has 0 amide bonds. The lowest BCUT2D eigenvalue weighted by molar-refractivity contribution is 0.404. The minimum Gasteiger partial charge on any atom is -0.468 e. The Morgan fingerprint density at radius 1 is 1.35 bits per heavy atom. The number of benzene rings is 1. The van der Waals surface area contributed by atoms with Crippen molar-refractivity contribution >= 4 is 10.0 Å². The van der Waals surface area contributed by atoms with Crippen molar-refractivity contribution in [2.24, 2.45) is 5.73 Å². The van der Waals surface area contributed by atoms with E-state index in [0.717, 1.165) is 10.4 Å². The molecule has 1 aromatic heterocycles. The molecule has 2 aromatic rings. The van der Waals surface area contributed by atoms with Gasteiger partial charge < -0.3 is 10.2 Å². The van der Waals surface area contributed by atoms with Gasteiger partial charge in [-0.25, -0.2) is 12.8 Å². The zero-order chi connectivity index (χ0) is 14.8. The summed E-state index contributed by atoms with van der Waals surface area (Å²) in [6.07, 6.45) is 1.45. The van der Waals surface area contributed by atoms with E-state index in [1.165, 1.54) is 25.4 Å². The van der Waals surface area contributed by atoms with Crippen LogP contribution in [0.15, 0.2) is 45.9 Å². The van der Waals surface area contributed by atoms with Gasteiger partial charge in [0.2, 0.25) is 10.0 Å². The molecule has 7 heteroatoms. The van der Waals surface area contributed by atoms with Gasteiger partial charge in [-0.3, -0.25) is 0 Å². The zero-order valence-corrected chi connectivity index (χ0v) is 11.7. The maximum absolute atomic E-state index is 13.8. The van der Waals surface area contributed by atoms with E-state index in [9.17, 15) is 12.8 Å². The molecule has 0 radical (unpaired) electrons. The van der Waals surface area contributed by atoms with Gasteiger partial charge in [0.25, 0.3) is 0 Å². The van der Waals surface area contributed by atoms with Crippen LogP contribution in [0.4, 0.5) is 4.39 Å². The summed E-state index contributed by atoms with van der Waals surface area (Å²) >= 11 is 0. The highest BCUT2D eigenvalue weighted by molar-refractivity contribution is 7.89. The van der Waals surface area contributed by atoms with Crippen molar-refractivity contribution in [3.63, 3.8) is 0 Å². The van der Waals surface area contributed by atoms with Crippen LogP contribution in [0.1, 0.15) is 11.3 Å². The smallest absolute Gasteiger partial charge is 0.246 e. The van der Waals surface area contributed by atoms with Gasteiger partial charge in [0, 0.05) is 13.6 Å². The van der Waals surface area contributed by atoms with Gasteiger partial charge in [-0.2, -0.15) is 4.31 Å². The Hall–Kier alpha value is -1.70. The maximum atomic E-state index is 13.8. The molecule has 0 saturated carbocycles. The molecule has 0 aliphatic heterocycles. The first-order valence-electron chi connectivity index (χ1n) is 5.92. The number of nitrogens with two attached hydrogens (primary N) is 1. The Kier molecular flexibility index (Phi) is 4.22. The van der Waals surface area contributed by atoms with Gasteiger partial charge in [0.05, 0.1) is 12.8 Å². The molecular formula is C13H15FN2O3S. The number of rotatable bonds is 5. The highest BCUT2D eigenvalue weighted by Gasteiger charge is 2.25. The summed E-state index contributed by atoms with van der Waals surface area (Å²) < 4.78 is 44.6. The molecule has 2 rings (SSSR count). The molecule has 0 unspecified atom stereocenters. The van der Waals surface area contributed by atoms with E-state index in [1.54, 1.807) is 12.1 Å². The molecule has 0 saturated heterocycles. The van der Waals surface area contributed by atoms with Crippen LogP contribution in [0.2, 0.25) is 0 Å². The van der Waals surface area contributed by atoms with E-state index in [2.05, 4.69) is 0 Å². The molecule has 0 aliphatic rings. The average molecular weight is 298 g/mol. The summed E-state index contributed by atoms with van der Waals surface area (Å²) in [5, 5.41) is 0. The first-order chi connectivity index (χ1) is 9.45. The minimum absolute atomic E-state index is 0.0294. The van der Waals surface area contributed by atoms with Crippen molar-refractivity contribution in [1.29, 1.82) is 0 Å². The van der Waals surface area contributed by atoms with E-state index in [-0.39, 0.29) is 18.0 Å². The molecule has 0 aliphatic carbocycles. The lowest BCUT2D eigenvalue weighted by atomic mass is 10.2. The van der Waals surface area contributed by atoms with Gasteiger partial charge >= 0.3 is 0 Å². The van der Waals surface area contributed by atoms with E-state index in [4.69, 9.17) is 10.2 Å². The van der Waals surface area contributed by atoms with Crippen LogP contribution >= 0.6 is 0 Å². The Morgan fingerprint density at radius 3 is 2.70 bits per heavy atom. The van der Waals surface area contributed by atoms with Crippen molar-refractivity contribution in [3.8, 4) is 0 Å². The van der Waals surface area contributed by atoms with Gasteiger partial charge in [-0.05, 0) is 29.8 Å². The standard InChI is InChI=1S/C13H15FN2O3S/c1-16(9-11-3-2-6-19-11)20(17,18)13-7-10(8-15)4-5-12(13)14/h2-7H,8-9,15H2,1H3. The summed E-state index contributed by atoms with van der Waals surface area (Å²) in [7, 11) is -2.57. The fourth-order valence-electron chi connectivity index (χ4n) is 1.75. The lowest BCUT2D eigenvalue weighted by Crippen LogP contribution is -2.27. The SMILES string of the molecule is CN(Cc1ccco1)S(=O)(=O)c1cc(CN)ccc1F. The third-order valence-corrected chi connectivity index (χ3v) is 4.70. The van der Waals surface area contributed by atoms with Crippen molar-refractivity contribution in [1.82, 2.24) is 4.31 Å². The van der Waals surface area contributed by atoms with Crippen LogP contribution in [0.5, 0.6) is 0 Å². The Morgan fingerprint density at radius 2 is 2.10 bits per heavy atom. The topological polar surface area (TPSA) is 76.5 Å². The van der Waals surface area contributed by atoms with Gasteiger partial charge in [-0.15, -0.1) is 0 Å². The van der Waals surface area contributed by atoms with Crippen molar-refractivity contribution in [2.45, 2.75) is 18.0 Å². The van der Waals surface area contributed by atoms with E-state index in [0.29, 0.717) is 11.3 Å². The monoisotopic (exact) mass is 298 g/mol. The predicted octanol–water partition coefficient (Wildman–Crippen LogP) is 1.70. The quantitative estimate of drug-likeness (QED) is 0.911. The molecule has 2 N–H and O–H groups in total. The number of sulfonamides is 1. The average Bonchev–Trinajstić information content (AvgIpc) is 2.92. The highest BCUT2D eigenvalue weighted by atomic mass is 32.2. The number of furan rings is 1. The Labute approximate surface area is 116 Å². The number of hydrogen-bond donors (Lipinski definition) is 1. The summed E-state index contributed by atoms with van der Waals surface area (Å²) in [5.41, 5.74) is 6.00. The van der Waals surface area contributed by atoms with Crippen LogP contribution in [0.25, 0.3) is 0 Å². The zero-order valence-electron chi connectivity index (χ0n) is 10.9. The minimum atomic E-state index is -3.94. The second-order valence-corrected chi connectivity index (χ2v) is 6.32. The number of nitrogens with zero attached hydrogens (tertiary/aromatic N) is 1. The molecule has 0 bridgehead atoms. The Bertz CT molecular complexity index is 684. The van der Waals surface area contributed by atoms with Crippen molar-refractivity contribution in [2.75, 3.05) is 7.05 Å². The van der Waals surface area contributed by atoms with Crippen LogP contribution in [0.3, 0.4) is 0 Å². The van der Waals surface area contributed by atoms with Gasteiger partial charge in [-0.1, -0.05) is 6.07 Å². The molecule has 0 fully saturated rings. The largest absolute Gasteiger partial charge is 0.468 e. The third kappa shape index (κ3) is 2.90. The van der Waals surface area contributed by atoms with Gasteiger partial charge in [0.15, 0.2) is 0 Å². The van der Waals surface area contributed by atoms with E-state index >= 15 is 0 Å². The maximum Gasteiger partial charge on any atom is 0.246 e. The second kappa shape index (κ2) is 5.74. The van der Waals surface area contributed by atoms with Crippen molar-refractivity contribution in [3.05, 3.63) is 53.7 Å². The first kappa shape index (κ1) is 14.7. The molecule has 108 valence electrons. The van der Waals surface area contributed by atoms with E-state index in [1.807, 2.05) is 0 Å².